The number of rotatable bonds is 3. The van der Waals surface area contributed by atoms with Gasteiger partial charge in [0.05, 0.1) is 22.2 Å². The molecule has 2 heterocycles. The van der Waals surface area contributed by atoms with Crippen LogP contribution in [0, 0.1) is 0 Å². The fourth-order valence-corrected chi connectivity index (χ4v) is 7.41. The maximum atomic E-state index is 5.10. The fraction of sp³-hybridized carbons (Fsp3) is 0. The summed E-state index contributed by atoms with van der Waals surface area (Å²) in [5.41, 5.74) is 12.7. The quantitative estimate of drug-likeness (QED) is 0.211. The molecule has 0 amide bonds. The highest BCUT2D eigenvalue weighted by Gasteiger charge is 2.24. The van der Waals surface area contributed by atoms with Crippen molar-refractivity contribution in [2.75, 3.05) is 0 Å². The fourth-order valence-electron chi connectivity index (χ4n) is 7.41. The second kappa shape index (κ2) is 9.22. The van der Waals surface area contributed by atoms with Gasteiger partial charge in [0.15, 0.2) is 5.82 Å². The maximum Gasteiger partial charge on any atom is 0.160 e. The topological polar surface area (TPSA) is 30.7 Å². The standard InChI is InChI=1S/C42H25N3/c1-2-10-27(11-3-1)41-34-14-4-5-19-35(34)43-42(44-41)28-22-24-29(25-23-28)45-36-20-8-17-32-30-15-6-12-26-13-7-16-31(38(26)30)33-18-9-21-37(45)40(33)39(32)36/h1-25H. The number of hydrogen-bond donors (Lipinski definition) is 0. The van der Waals surface area contributed by atoms with E-state index in [1.165, 1.54) is 54.8 Å². The first-order valence-corrected chi connectivity index (χ1v) is 15.4. The Morgan fingerprint density at radius 3 is 1.64 bits per heavy atom. The largest absolute Gasteiger partial charge is 0.309 e. The molecule has 1 aliphatic carbocycles. The number of fused-ring (bicyclic) bond motifs is 3. The molecule has 0 bridgehead atoms. The number of benzene rings is 7. The molecule has 0 saturated carbocycles. The lowest BCUT2D eigenvalue weighted by atomic mass is 9.93. The van der Waals surface area contributed by atoms with Crippen LogP contribution in [0.1, 0.15) is 0 Å². The molecule has 0 fully saturated rings. The van der Waals surface area contributed by atoms with Crippen LogP contribution >= 0.6 is 0 Å². The Bertz CT molecular complexity index is 2530. The summed E-state index contributed by atoms with van der Waals surface area (Å²) in [5, 5.41) is 6.28. The van der Waals surface area contributed by atoms with Crippen molar-refractivity contribution in [3.63, 3.8) is 0 Å². The number of aromatic nitrogens is 3. The lowest BCUT2D eigenvalue weighted by Gasteiger charge is -2.14. The van der Waals surface area contributed by atoms with E-state index in [1.807, 2.05) is 18.2 Å². The van der Waals surface area contributed by atoms with Gasteiger partial charge in [-0.1, -0.05) is 109 Å². The summed E-state index contributed by atoms with van der Waals surface area (Å²) in [7, 11) is 0. The van der Waals surface area contributed by atoms with Gasteiger partial charge in [0.1, 0.15) is 0 Å². The molecule has 0 spiro atoms. The third kappa shape index (κ3) is 3.46. The molecule has 10 rings (SSSR count). The first kappa shape index (κ1) is 24.4. The Morgan fingerprint density at radius 2 is 0.978 bits per heavy atom. The second-order valence-corrected chi connectivity index (χ2v) is 11.8. The highest BCUT2D eigenvalue weighted by atomic mass is 15.0. The van der Waals surface area contributed by atoms with Gasteiger partial charge in [-0.25, -0.2) is 9.97 Å². The van der Waals surface area contributed by atoms with Gasteiger partial charge in [0.2, 0.25) is 0 Å². The number of para-hydroxylation sites is 1. The maximum absolute atomic E-state index is 5.10. The van der Waals surface area contributed by atoms with Crippen molar-refractivity contribution in [2.24, 2.45) is 0 Å². The normalized spacial score (nSPS) is 12.0. The van der Waals surface area contributed by atoms with E-state index in [2.05, 4.69) is 138 Å². The van der Waals surface area contributed by atoms with Crippen LogP contribution in [0.2, 0.25) is 0 Å². The molecule has 9 aromatic rings. The van der Waals surface area contributed by atoms with Crippen molar-refractivity contribution in [1.29, 1.82) is 0 Å². The van der Waals surface area contributed by atoms with Crippen LogP contribution in [-0.2, 0) is 0 Å². The van der Waals surface area contributed by atoms with Crippen LogP contribution < -0.4 is 0 Å². The second-order valence-electron chi connectivity index (χ2n) is 11.8. The van der Waals surface area contributed by atoms with E-state index in [1.54, 1.807) is 0 Å². The molecule has 1 aliphatic rings. The summed E-state index contributed by atoms with van der Waals surface area (Å²) in [5.74, 6) is 0.727. The SMILES string of the molecule is c1ccc(-c2nc(-c3ccc(-n4c5cccc6c5c5c(cccc54)-c4cccc5cccc-6c45)cc3)nc3ccccc23)cc1. The minimum Gasteiger partial charge on any atom is -0.309 e. The molecule has 0 N–H and O–H groups in total. The van der Waals surface area contributed by atoms with Gasteiger partial charge in [-0.15, -0.1) is 0 Å². The molecule has 0 atom stereocenters. The smallest absolute Gasteiger partial charge is 0.160 e. The van der Waals surface area contributed by atoms with Crippen LogP contribution in [0.5, 0.6) is 0 Å². The highest BCUT2D eigenvalue weighted by molar-refractivity contribution is 6.27. The van der Waals surface area contributed by atoms with Crippen LogP contribution in [0.15, 0.2) is 152 Å². The summed E-state index contributed by atoms with van der Waals surface area (Å²) in [6.07, 6.45) is 0. The van der Waals surface area contributed by atoms with E-state index in [0.717, 1.165) is 39.2 Å². The molecule has 2 aromatic heterocycles. The van der Waals surface area contributed by atoms with Crippen LogP contribution in [0.25, 0.3) is 94.1 Å². The monoisotopic (exact) mass is 571 g/mol. The van der Waals surface area contributed by atoms with E-state index >= 15 is 0 Å². The van der Waals surface area contributed by atoms with Crippen molar-refractivity contribution in [3.8, 4) is 50.6 Å². The summed E-state index contributed by atoms with van der Waals surface area (Å²) in [6, 6.07) is 54.2. The van der Waals surface area contributed by atoms with Crippen LogP contribution in [0.3, 0.4) is 0 Å². The molecule has 0 saturated heterocycles. The Morgan fingerprint density at radius 1 is 0.400 bits per heavy atom. The average molecular weight is 572 g/mol. The van der Waals surface area contributed by atoms with Gasteiger partial charge in [-0.2, -0.15) is 0 Å². The predicted molar refractivity (Wildman–Crippen MR) is 187 cm³/mol. The Labute approximate surface area is 259 Å². The molecule has 0 aliphatic heterocycles. The molecule has 3 heteroatoms. The first-order chi connectivity index (χ1) is 22.3. The van der Waals surface area contributed by atoms with Gasteiger partial charge in [-0.05, 0) is 75.5 Å². The molecule has 45 heavy (non-hydrogen) atoms. The molecule has 208 valence electrons. The van der Waals surface area contributed by atoms with Crippen LogP contribution in [-0.4, -0.2) is 14.5 Å². The average Bonchev–Trinajstić information content (AvgIpc) is 3.39. The summed E-state index contributed by atoms with van der Waals surface area (Å²) < 4.78 is 2.41. The Balaban J connectivity index is 1.18. The zero-order chi connectivity index (χ0) is 29.5. The lowest BCUT2D eigenvalue weighted by molar-refractivity contribution is 1.17. The Kier molecular flexibility index (Phi) is 5.00. The van der Waals surface area contributed by atoms with Gasteiger partial charge in [0.25, 0.3) is 0 Å². The van der Waals surface area contributed by atoms with E-state index in [4.69, 9.17) is 9.97 Å². The van der Waals surface area contributed by atoms with E-state index < -0.39 is 0 Å². The highest BCUT2D eigenvalue weighted by Crippen LogP contribution is 2.49. The van der Waals surface area contributed by atoms with Gasteiger partial charge >= 0.3 is 0 Å². The Hall–Kier alpha value is -6.06. The summed E-state index contributed by atoms with van der Waals surface area (Å²) in [6.45, 7) is 0. The van der Waals surface area contributed by atoms with Gasteiger partial charge in [0, 0.05) is 33.0 Å². The lowest BCUT2D eigenvalue weighted by Crippen LogP contribution is -1.97. The van der Waals surface area contributed by atoms with Gasteiger partial charge in [-0.3, -0.25) is 0 Å². The summed E-state index contributed by atoms with van der Waals surface area (Å²) >= 11 is 0. The van der Waals surface area contributed by atoms with E-state index in [0.29, 0.717) is 0 Å². The molecular weight excluding hydrogens is 546 g/mol. The van der Waals surface area contributed by atoms with Gasteiger partial charge < -0.3 is 4.57 Å². The molecular formula is C42H25N3. The number of hydrogen-bond acceptors (Lipinski definition) is 2. The molecule has 7 aromatic carbocycles. The van der Waals surface area contributed by atoms with E-state index in [9.17, 15) is 0 Å². The minimum absolute atomic E-state index is 0.727. The molecule has 0 unspecified atom stereocenters. The third-order valence-electron chi connectivity index (χ3n) is 9.34. The van der Waals surface area contributed by atoms with Crippen LogP contribution in [0.4, 0.5) is 0 Å². The molecule has 3 nitrogen and oxygen atoms in total. The summed E-state index contributed by atoms with van der Waals surface area (Å²) in [4.78, 5) is 10.1. The van der Waals surface area contributed by atoms with Crippen molar-refractivity contribution in [2.45, 2.75) is 0 Å². The predicted octanol–water partition coefficient (Wildman–Crippen LogP) is 10.9. The third-order valence-corrected chi connectivity index (χ3v) is 9.34. The minimum atomic E-state index is 0.727. The number of nitrogens with zero attached hydrogens (tertiary/aromatic N) is 3. The molecule has 0 radical (unpaired) electrons. The zero-order valence-electron chi connectivity index (χ0n) is 24.3. The van der Waals surface area contributed by atoms with Crippen molar-refractivity contribution in [3.05, 3.63) is 152 Å². The van der Waals surface area contributed by atoms with Crippen molar-refractivity contribution >= 4 is 43.5 Å². The zero-order valence-corrected chi connectivity index (χ0v) is 24.3. The van der Waals surface area contributed by atoms with Crippen molar-refractivity contribution in [1.82, 2.24) is 14.5 Å². The van der Waals surface area contributed by atoms with Crippen molar-refractivity contribution < 1.29 is 0 Å². The first-order valence-electron chi connectivity index (χ1n) is 15.4. The van der Waals surface area contributed by atoms with E-state index in [-0.39, 0.29) is 0 Å².